The Balaban J connectivity index is 1.72. The number of hydrogen-bond donors (Lipinski definition) is 1. The number of amides is 1. The van der Waals surface area contributed by atoms with Crippen LogP contribution in [0.2, 0.25) is 0 Å². The average molecular weight is 404 g/mol. The van der Waals surface area contributed by atoms with Gasteiger partial charge in [-0.1, -0.05) is 0 Å². The fourth-order valence-electron chi connectivity index (χ4n) is 4.18. The van der Waals surface area contributed by atoms with Crippen molar-refractivity contribution >= 4 is 11.7 Å². The first-order chi connectivity index (χ1) is 13.3. The molecular formula is C20H34F2N2O4. The summed E-state index contributed by atoms with van der Waals surface area (Å²) in [5, 5.41) is 2.57. The number of alkyl halides is 2. The van der Waals surface area contributed by atoms with Crippen LogP contribution in [-0.4, -0.2) is 74.6 Å². The molecular weight excluding hydrogens is 370 g/mol. The molecule has 0 radical (unpaired) electrons. The Labute approximate surface area is 166 Å². The summed E-state index contributed by atoms with van der Waals surface area (Å²) in [5.74, 6) is -4.66. The SMILES string of the molecule is CCOCCOCCNC(=O)C1CCN(C2CCC(C(C)=O)CC2)CC1(F)F. The second-order valence-corrected chi connectivity index (χ2v) is 7.79. The van der Waals surface area contributed by atoms with Gasteiger partial charge in [-0.15, -0.1) is 0 Å². The number of carbonyl (C=O) groups is 2. The van der Waals surface area contributed by atoms with Crippen molar-refractivity contribution in [3.8, 4) is 0 Å². The van der Waals surface area contributed by atoms with Gasteiger partial charge < -0.3 is 14.8 Å². The van der Waals surface area contributed by atoms with Crippen molar-refractivity contribution in [2.24, 2.45) is 11.8 Å². The minimum atomic E-state index is -3.05. The summed E-state index contributed by atoms with van der Waals surface area (Å²) in [5.41, 5.74) is 0. The van der Waals surface area contributed by atoms with Crippen molar-refractivity contribution in [1.82, 2.24) is 10.2 Å². The second kappa shape index (κ2) is 11.2. The third-order valence-corrected chi connectivity index (χ3v) is 5.85. The van der Waals surface area contributed by atoms with Crippen LogP contribution in [0.1, 0.15) is 46.0 Å². The van der Waals surface area contributed by atoms with Gasteiger partial charge in [0.05, 0.1) is 26.4 Å². The molecule has 28 heavy (non-hydrogen) atoms. The molecule has 1 atom stereocenters. The van der Waals surface area contributed by atoms with Gasteiger partial charge in [0.2, 0.25) is 5.91 Å². The number of halogens is 2. The summed E-state index contributed by atoms with van der Waals surface area (Å²) in [4.78, 5) is 25.5. The lowest BCUT2D eigenvalue weighted by Crippen LogP contribution is -2.56. The van der Waals surface area contributed by atoms with E-state index in [9.17, 15) is 18.4 Å². The molecule has 0 aromatic heterocycles. The molecule has 8 heteroatoms. The van der Waals surface area contributed by atoms with Gasteiger partial charge in [0.25, 0.3) is 5.92 Å². The van der Waals surface area contributed by atoms with E-state index in [1.54, 1.807) is 6.92 Å². The van der Waals surface area contributed by atoms with E-state index >= 15 is 0 Å². The maximum absolute atomic E-state index is 14.6. The van der Waals surface area contributed by atoms with Crippen LogP contribution in [0, 0.1) is 11.8 Å². The quantitative estimate of drug-likeness (QED) is 0.566. The maximum Gasteiger partial charge on any atom is 0.272 e. The third kappa shape index (κ3) is 6.74. The average Bonchev–Trinajstić information content (AvgIpc) is 2.66. The minimum Gasteiger partial charge on any atom is -0.379 e. The van der Waals surface area contributed by atoms with Crippen LogP contribution >= 0.6 is 0 Å². The summed E-state index contributed by atoms with van der Waals surface area (Å²) in [7, 11) is 0. The van der Waals surface area contributed by atoms with E-state index in [2.05, 4.69) is 5.32 Å². The summed E-state index contributed by atoms with van der Waals surface area (Å²) in [6.45, 7) is 5.62. The predicted molar refractivity (Wildman–Crippen MR) is 101 cm³/mol. The van der Waals surface area contributed by atoms with Crippen LogP contribution in [-0.2, 0) is 19.1 Å². The molecule has 1 saturated carbocycles. The minimum absolute atomic E-state index is 0.0795. The lowest BCUT2D eigenvalue weighted by Gasteiger charge is -2.43. The van der Waals surface area contributed by atoms with Crippen molar-refractivity contribution in [3.05, 3.63) is 0 Å². The molecule has 0 aromatic rings. The van der Waals surface area contributed by atoms with Gasteiger partial charge in [-0.05, 0) is 52.5 Å². The number of likely N-dealkylation sites (tertiary alicyclic amines) is 1. The molecule has 1 N–H and O–H groups in total. The zero-order valence-corrected chi connectivity index (χ0v) is 17.1. The van der Waals surface area contributed by atoms with E-state index in [-0.39, 0.29) is 43.9 Å². The number of Topliss-reactive ketones (excluding diaryl/α,β-unsaturated/α-hetero) is 1. The second-order valence-electron chi connectivity index (χ2n) is 7.79. The number of piperidine rings is 1. The standard InChI is InChI=1S/C20H34F2N2O4/c1-3-27-12-13-28-11-9-23-19(26)18-8-10-24(14-20(18,21)22)17-6-4-16(5-7-17)15(2)25/h16-18H,3-14H2,1-2H3,(H,23,26). The highest BCUT2D eigenvalue weighted by Crippen LogP contribution is 2.37. The molecule has 162 valence electrons. The first kappa shape index (κ1) is 23.2. The van der Waals surface area contributed by atoms with Crippen LogP contribution in [0.15, 0.2) is 0 Å². The maximum atomic E-state index is 14.6. The normalized spacial score (nSPS) is 28.1. The monoisotopic (exact) mass is 404 g/mol. The summed E-state index contributed by atoms with van der Waals surface area (Å²) >= 11 is 0. The van der Waals surface area contributed by atoms with Gasteiger partial charge in [0, 0.05) is 25.1 Å². The molecule has 2 aliphatic rings. The number of ketones is 1. The van der Waals surface area contributed by atoms with Crippen LogP contribution in [0.25, 0.3) is 0 Å². The van der Waals surface area contributed by atoms with Gasteiger partial charge in [0.1, 0.15) is 11.7 Å². The Morgan fingerprint density at radius 3 is 2.36 bits per heavy atom. The molecule has 2 rings (SSSR count). The predicted octanol–water partition coefficient (Wildman–Crippen LogP) is 2.26. The van der Waals surface area contributed by atoms with Gasteiger partial charge in [-0.25, -0.2) is 8.78 Å². The highest BCUT2D eigenvalue weighted by Gasteiger charge is 2.49. The molecule has 0 aromatic carbocycles. The number of nitrogens with one attached hydrogen (secondary N) is 1. The summed E-state index contributed by atoms with van der Waals surface area (Å²) < 4.78 is 39.7. The molecule has 1 amide bonds. The van der Waals surface area contributed by atoms with Crippen molar-refractivity contribution < 1.29 is 27.8 Å². The Morgan fingerprint density at radius 1 is 1.07 bits per heavy atom. The molecule has 1 heterocycles. The number of ether oxygens (including phenoxy) is 2. The lowest BCUT2D eigenvalue weighted by atomic mass is 9.82. The number of hydrogen-bond acceptors (Lipinski definition) is 5. The van der Waals surface area contributed by atoms with Crippen LogP contribution in [0.4, 0.5) is 8.78 Å². The van der Waals surface area contributed by atoms with E-state index in [1.165, 1.54) is 0 Å². The smallest absolute Gasteiger partial charge is 0.272 e. The van der Waals surface area contributed by atoms with Crippen molar-refractivity contribution in [3.63, 3.8) is 0 Å². The number of carbonyl (C=O) groups excluding carboxylic acids is 2. The fourth-order valence-corrected chi connectivity index (χ4v) is 4.18. The Kier molecular flexibility index (Phi) is 9.24. The van der Waals surface area contributed by atoms with Crippen LogP contribution in [0.5, 0.6) is 0 Å². The topological polar surface area (TPSA) is 67.9 Å². The molecule has 1 aliphatic carbocycles. The zero-order chi connectivity index (χ0) is 20.6. The third-order valence-electron chi connectivity index (χ3n) is 5.85. The van der Waals surface area contributed by atoms with Crippen molar-refractivity contribution in [2.45, 2.75) is 57.9 Å². The van der Waals surface area contributed by atoms with E-state index in [0.29, 0.717) is 26.4 Å². The number of rotatable bonds is 10. The summed E-state index contributed by atoms with van der Waals surface area (Å²) in [6.07, 6.45) is 3.24. The zero-order valence-electron chi connectivity index (χ0n) is 17.1. The largest absolute Gasteiger partial charge is 0.379 e. The highest BCUT2D eigenvalue weighted by atomic mass is 19.3. The van der Waals surface area contributed by atoms with Crippen LogP contribution < -0.4 is 5.32 Å². The molecule has 0 bridgehead atoms. The molecule has 1 aliphatic heterocycles. The molecule has 1 unspecified atom stereocenters. The van der Waals surface area contributed by atoms with Crippen molar-refractivity contribution in [1.29, 1.82) is 0 Å². The highest BCUT2D eigenvalue weighted by molar-refractivity contribution is 5.80. The first-order valence-electron chi connectivity index (χ1n) is 10.4. The van der Waals surface area contributed by atoms with Gasteiger partial charge in [-0.2, -0.15) is 0 Å². The Hall–Kier alpha value is -1.12. The van der Waals surface area contributed by atoms with Crippen molar-refractivity contribution in [2.75, 3.05) is 46.1 Å². The van der Waals surface area contributed by atoms with E-state index < -0.39 is 17.7 Å². The molecule has 6 nitrogen and oxygen atoms in total. The number of nitrogens with zero attached hydrogens (tertiary/aromatic N) is 1. The van der Waals surface area contributed by atoms with E-state index in [4.69, 9.17) is 9.47 Å². The molecule has 0 spiro atoms. The summed E-state index contributed by atoms with van der Waals surface area (Å²) in [6, 6.07) is 0.0872. The fraction of sp³-hybridized carbons (Fsp3) is 0.900. The molecule has 2 fully saturated rings. The van der Waals surface area contributed by atoms with E-state index in [1.807, 2.05) is 11.8 Å². The Morgan fingerprint density at radius 2 is 1.75 bits per heavy atom. The molecule has 1 saturated heterocycles. The van der Waals surface area contributed by atoms with Gasteiger partial charge in [-0.3, -0.25) is 14.5 Å². The van der Waals surface area contributed by atoms with Crippen LogP contribution in [0.3, 0.4) is 0 Å². The first-order valence-corrected chi connectivity index (χ1v) is 10.4. The lowest BCUT2D eigenvalue weighted by molar-refractivity contribution is -0.155. The van der Waals surface area contributed by atoms with Gasteiger partial charge in [0.15, 0.2) is 0 Å². The van der Waals surface area contributed by atoms with E-state index in [0.717, 1.165) is 25.7 Å². The van der Waals surface area contributed by atoms with Gasteiger partial charge >= 0.3 is 0 Å². The Bertz CT molecular complexity index is 510.